The van der Waals surface area contributed by atoms with Gasteiger partial charge in [-0.15, -0.1) is 0 Å². The molecular weight excluding hydrogens is 270 g/mol. The van der Waals surface area contributed by atoms with E-state index in [-0.39, 0.29) is 0 Å². The van der Waals surface area contributed by atoms with E-state index in [1.54, 1.807) is 0 Å². The zero-order valence-corrected chi connectivity index (χ0v) is 13.5. The Labute approximate surface area is 124 Å². The van der Waals surface area contributed by atoms with Crippen LogP contribution in [-0.2, 0) is 0 Å². The highest BCUT2D eigenvalue weighted by Gasteiger charge is 2.12. The van der Waals surface area contributed by atoms with Crippen LogP contribution in [0.15, 0.2) is 11.2 Å². The molecule has 6 heteroatoms. The summed E-state index contributed by atoms with van der Waals surface area (Å²) in [7, 11) is 0. The summed E-state index contributed by atoms with van der Waals surface area (Å²) >= 11 is 1.54. The quantitative estimate of drug-likeness (QED) is 0.677. The zero-order chi connectivity index (χ0) is 14.7. The van der Waals surface area contributed by atoms with Crippen molar-refractivity contribution in [1.29, 1.82) is 0 Å². The Balaban J connectivity index is 2.46. The molecule has 108 valence electrons. The minimum atomic E-state index is 0.756. The highest BCUT2D eigenvalue weighted by atomic mass is 32.2. The van der Waals surface area contributed by atoms with Crippen LogP contribution in [0.4, 0.5) is 5.82 Å². The molecule has 0 aliphatic rings. The molecule has 2 rings (SSSR count). The monoisotopic (exact) mass is 291 g/mol. The fraction of sp³-hybridized carbons (Fsp3) is 0.500. The van der Waals surface area contributed by atoms with Crippen LogP contribution in [0.3, 0.4) is 0 Å². The highest BCUT2D eigenvalue weighted by molar-refractivity contribution is 7.98. The van der Waals surface area contributed by atoms with Gasteiger partial charge in [-0.2, -0.15) is 5.10 Å². The molecular formula is C14H21N5S. The van der Waals surface area contributed by atoms with E-state index >= 15 is 0 Å². The number of nitrogens with one attached hydrogen (secondary N) is 1. The van der Waals surface area contributed by atoms with Gasteiger partial charge in [0.05, 0.1) is 5.69 Å². The lowest BCUT2D eigenvalue weighted by atomic mass is 10.2. The molecule has 0 aliphatic heterocycles. The van der Waals surface area contributed by atoms with Crippen molar-refractivity contribution in [2.45, 2.75) is 39.3 Å². The van der Waals surface area contributed by atoms with Gasteiger partial charge in [-0.3, -0.25) is 0 Å². The predicted octanol–water partition coefficient (Wildman–Crippen LogP) is 3.13. The summed E-state index contributed by atoms with van der Waals surface area (Å²) in [5.41, 5.74) is 3.36. The first-order valence-electron chi connectivity index (χ1n) is 6.77. The van der Waals surface area contributed by atoms with E-state index in [2.05, 4.69) is 41.2 Å². The lowest BCUT2D eigenvalue weighted by molar-refractivity contribution is 0.776. The van der Waals surface area contributed by atoms with Crippen molar-refractivity contribution in [1.82, 2.24) is 19.7 Å². The molecule has 1 N–H and O–H groups in total. The summed E-state index contributed by atoms with van der Waals surface area (Å²) < 4.78 is 1.89. The van der Waals surface area contributed by atoms with E-state index in [4.69, 9.17) is 0 Å². The summed E-state index contributed by atoms with van der Waals surface area (Å²) in [6.07, 6.45) is 3.04. The molecule has 0 atom stereocenters. The van der Waals surface area contributed by atoms with E-state index in [0.29, 0.717) is 0 Å². The van der Waals surface area contributed by atoms with Crippen LogP contribution >= 0.6 is 11.8 Å². The molecule has 0 saturated heterocycles. The largest absolute Gasteiger partial charge is 0.370 e. The SMILES string of the molecule is CCCNc1cc(-n2nc(C)c(C)c2C)nc(SC)n1. The molecule has 0 unspecified atom stereocenters. The van der Waals surface area contributed by atoms with E-state index in [1.165, 1.54) is 17.3 Å². The first-order chi connectivity index (χ1) is 9.56. The van der Waals surface area contributed by atoms with Crippen molar-refractivity contribution in [2.75, 3.05) is 18.1 Å². The Kier molecular flexibility index (Phi) is 4.65. The van der Waals surface area contributed by atoms with Crippen LogP contribution in [0.2, 0.25) is 0 Å². The van der Waals surface area contributed by atoms with Gasteiger partial charge in [0.2, 0.25) is 0 Å². The number of hydrogen-bond acceptors (Lipinski definition) is 5. The molecule has 5 nitrogen and oxygen atoms in total. The fourth-order valence-corrected chi connectivity index (χ4v) is 2.27. The Morgan fingerprint density at radius 2 is 2.00 bits per heavy atom. The average molecular weight is 291 g/mol. The second-order valence-electron chi connectivity index (χ2n) is 4.73. The third kappa shape index (κ3) is 2.95. The third-order valence-corrected chi connectivity index (χ3v) is 3.85. The number of aryl methyl sites for hydroxylation is 1. The number of nitrogens with zero attached hydrogens (tertiary/aromatic N) is 4. The Hall–Kier alpha value is -1.56. The van der Waals surface area contributed by atoms with Gasteiger partial charge < -0.3 is 5.32 Å². The topological polar surface area (TPSA) is 55.6 Å². The van der Waals surface area contributed by atoms with Gasteiger partial charge >= 0.3 is 0 Å². The van der Waals surface area contributed by atoms with Gasteiger partial charge in [0, 0.05) is 18.3 Å². The molecule has 0 aliphatic carbocycles. The number of thioether (sulfide) groups is 1. The van der Waals surface area contributed by atoms with E-state index in [9.17, 15) is 0 Å². The van der Waals surface area contributed by atoms with Crippen LogP contribution in [0, 0.1) is 20.8 Å². The molecule has 0 spiro atoms. The van der Waals surface area contributed by atoms with E-state index in [1.807, 2.05) is 23.9 Å². The maximum Gasteiger partial charge on any atom is 0.191 e. The van der Waals surface area contributed by atoms with E-state index < -0.39 is 0 Å². The van der Waals surface area contributed by atoms with Crippen molar-refractivity contribution in [3.05, 3.63) is 23.0 Å². The predicted molar refractivity (Wildman–Crippen MR) is 83.9 cm³/mol. The molecule has 0 saturated carbocycles. The van der Waals surface area contributed by atoms with Crippen molar-refractivity contribution in [3.8, 4) is 5.82 Å². The number of rotatable bonds is 5. The number of hydrogen-bond donors (Lipinski definition) is 1. The second-order valence-corrected chi connectivity index (χ2v) is 5.51. The molecule has 0 aromatic carbocycles. The lowest BCUT2D eigenvalue weighted by Crippen LogP contribution is -2.08. The van der Waals surface area contributed by atoms with E-state index in [0.717, 1.165) is 41.1 Å². The van der Waals surface area contributed by atoms with Gasteiger partial charge in [0.25, 0.3) is 0 Å². The van der Waals surface area contributed by atoms with Crippen molar-refractivity contribution in [3.63, 3.8) is 0 Å². The second kappa shape index (κ2) is 6.26. The summed E-state index contributed by atoms with van der Waals surface area (Å²) in [6, 6.07) is 1.95. The van der Waals surface area contributed by atoms with Crippen LogP contribution < -0.4 is 5.32 Å². The normalized spacial score (nSPS) is 10.8. The number of anilines is 1. The molecule has 0 fully saturated rings. The first kappa shape index (κ1) is 14.8. The van der Waals surface area contributed by atoms with Crippen LogP contribution in [0.5, 0.6) is 0 Å². The number of aromatic nitrogens is 4. The standard InChI is InChI=1S/C14H21N5S/c1-6-7-15-12-8-13(17-14(16-12)20-5)19-11(4)9(2)10(3)18-19/h8H,6-7H2,1-5H3,(H,15,16,17). The maximum absolute atomic E-state index is 4.57. The molecule has 0 radical (unpaired) electrons. The smallest absolute Gasteiger partial charge is 0.191 e. The van der Waals surface area contributed by atoms with Gasteiger partial charge in [0.1, 0.15) is 5.82 Å². The molecule has 2 aromatic heterocycles. The lowest BCUT2D eigenvalue weighted by Gasteiger charge is -2.09. The molecule has 2 aromatic rings. The van der Waals surface area contributed by atoms with Gasteiger partial charge in [-0.05, 0) is 39.0 Å². The van der Waals surface area contributed by atoms with Gasteiger partial charge in [-0.1, -0.05) is 18.7 Å². The van der Waals surface area contributed by atoms with Gasteiger partial charge in [-0.25, -0.2) is 14.6 Å². The van der Waals surface area contributed by atoms with Crippen LogP contribution in [-0.4, -0.2) is 32.5 Å². The van der Waals surface area contributed by atoms with Crippen molar-refractivity contribution < 1.29 is 0 Å². The maximum atomic E-state index is 4.57. The highest BCUT2D eigenvalue weighted by Crippen LogP contribution is 2.20. The molecule has 0 bridgehead atoms. The van der Waals surface area contributed by atoms with Crippen molar-refractivity contribution in [2.24, 2.45) is 0 Å². The minimum absolute atomic E-state index is 0.756. The summed E-state index contributed by atoms with van der Waals surface area (Å²) in [6.45, 7) is 9.21. The first-order valence-corrected chi connectivity index (χ1v) is 7.99. The molecule has 2 heterocycles. The summed E-state index contributed by atoms with van der Waals surface area (Å²) in [5, 5.41) is 8.64. The average Bonchev–Trinajstić information content (AvgIpc) is 2.72. The minimum Gasteiger partial charge on any atom is -0.370 e. The van der Waals surface area contributed by atoms with Crippen LogP contribution in [0.1, 0.15) is 30.3 Å². The zero-order valence-electron chi connectivity index (χ0n) is 12.7. The Bertz CT molecular complexity index is 606. The molecule has 0 amide bonds. The molecule has 20 heavy (non-hydrogen) atoms. The summed E-state index contributed by atoms with van der Waals surface area (Å²) in [5.74, 6) is 1.67. The fourth-order valence-electron chi connectivity index (χ4n) is 1.90. The van der Waals surface area contributed by atoms with Gasteiger partial charge in [0.15, 0.2) is 11.0 Å². The van der Waals surface area contributed by atoms with Crippen LogP contribution in [0.25, 0.3) is 5.82 Å². The Morgan fingerprint density at radius 1 is 1.25 bits per heavy atom. The third-order valence-electron chi connectivity index (χ3n) is 3.30. The Morgan fingerprint density at radius 3 is 2.55 bits per heavy atom. The summed E-state index contributed by atoms with van der Waals surface area (Å²) in [4.78, 5) is 9.03. The van der Waals surface area contributed by atoms with Crippen molar-refractivity contribution >= 4 is 17.6 Å².